The SMILES string of the molecule is O=C(CSc1nnc2ccc(-c3ccco3)nn12)Nc1ccc(F)c(Cl)c1. The lowest BCUT2D eigenvalue weighted by molar-refractivity contribution is -0.113. The molecule has 3 heterocycles. The molecule has 1 amide bonds. The maximum Gasteiger partial charge on any atom is 0.234 e. The quantitative estimate of drug-likeness (QED) is 0.508. The van der Waals surface area contributed by atoms with Gasteiger partial charge in [0.25, 0.3) is 0 Å². The number of carbonyl (C=O) groups is 1. The van der Waals surface area contributed by atoms with Gasteiger partial charge in [0, 0.05) is 5.69 Å². The molecule has 4 aromatic rings. The van der Waals surface area contributed by atoms with E-state index in [1.54, 1.807) is 35.0 Å². The van der Waals surface area contributed by atoms with Gasteiger partial charge in [0.1, 0.15) is 11.5 Å². The largest absolute Gasteiger partial charge is 0.463 e. The third-order valence-corrected chi connectivity index (χ3v) is 4.75. The first-order valence-electron chi connectivity index (χ1n) is 7.74. The summed E-state index contributed by atoms with van der Waals surface area (Å²) in [5, 5.41) is 15.6. The minimum atomic E-state index is -0.544. The van der Waals surface area contributed by atoms with Crippen LogP contribution in [0.1, 0.15) is 0 Å². The van der Waals surface area contributed by atoms with Crippen LogP contribution in [0.5, 0.6) is 0 Å². The Morgan fingerprint density at radius 1 is 1.26 bits per heavy atom. The molecule has 4 rings (SSSR count). The van der Waals surface area contributed by atoms with Gasteiger partial charge in [-0.05, 0) is 42.5 Å². The Kier molecular flexibility index (Phi) is 4.78. The maximum absolute atomic E-state index is 13.2. The van der Waals surface area contributed by atoms with Gasteiger partial charge in [-0.3, -0.25) is 4.79 Å². The second kappa shape index (κ2) is 7.37. The zero-order chi connectivity index (χ0) is 18.8. The van der Waals surface area contributed by atoms with E-state index in [4.69, 9.17) is 16.0 Å². The smallest absolute Gasteiger partial charge is 0.234 e. The van der Waals surface area contributed by atoms with Gasteiger partial charge < -0.3 is 9.73 Å². The normalized spacial score (nSPS) is 11.0. The number of aromatic nitrogens is 4. The lowest BCUT2D eigenvalue weighted by Gasteiger charge is -2.05. The first kappa shape index (κ1) is 17.5. The van der Waals surface area contributed by atoms with Crippen molar-refractivity contribution >= 4 is 40.6 Å². The van der Waals surface area contributed by atoms with Crippen molar-refractivity contribution in [3.8, 4) is 11.5 Å². The van der Waals surface area contributed by atoms with E-state index in [9.17, 15) is 9.18 Å². The topological polar surface area (TPSA) is 85.3 Å². The van der Waals surface area contributed by atoms with Gasteiger partial charge in [-0.15, -0.1) is 10.2 Å². The molecule has 3 aromatic heterocycles. The highest BCUT2D eigenvalue weighted by Gasteiger charge is 2.13. The summed E-state index contributed by atoms with van der Waals surface area (Å²) in [4.78, 5) is 12.1. The first-order chi connectivity index (χ1) is 13.1. The number of benzene rings is 1. The molecule has 0 unspecified atom stereocenters. The third kappa shape index (κ3) is 3.79. The van der Waals surface area contributed by atoms with Crippen molar-refractivity contribution in [1.29, 1.82) is 0 Å². The predicted molar refractivity (Wildman–Crippen MR) is 99.2 cm³/mol. The number of anilines is 1. The van der Waals surface area contributed by atoms with Crippen molar-refractivity contribution in [2.75, 3.05) is 11.1 Å². The highest BCUT2D eigenvalue weighted by atomic mass is 35.5. The summed E-state index contributed by atoms with van der Waals surface area (Å²) in [5.41, 5.74) is 1.59. The standard InChI is InChI=1S/C17H11ClFN5O2S/c18-11-8-10(3-4-12(11)19)20-16(25)9-27-17-22-21-15-6-5-13(23-24(15)17)14-2-1-7-26-14/h1-8H,9H2,(H,20,25). The first-order valence-corrected chi connectivity index (χ1v) is 9.10. The fourth-order valence-corrected chi connectivity index (χ4v) is 3.18. The molecular formula is C17H11ClFN5O2S. The fraction of sp³-hybridized carbons (Fsp3) is 0.0588. The summed E-state index contributed by atoms with van der Waals surface area (Å²) in [5.74, 6) is -0.144. The van der Waals surface area contributed by atoms with Crippen LogP contribution in [0.15, 0.2) is 58.3 Å². The second-order valence-electron chi connectivity index (χ2n) is 5.41. The zero-order valence-corrected chi connectivity index (χ0v) is 15.2. The number of thioether (sulfide) groups is 1. The molecular weight excluding hydrogens is 393 g/mol. The molecule has 0 spiro atoms. The molecule has 10 heteroatoms. The van der Waals surface area contributed by atoms with Crippen molar-refractivity contribution < 1.29 is 13.6 Å². The predicted octanol–water partition coefficient (Wildman–Crippen LogP) is 3.91. The third-order valence-electron chi connectivity index (χ3n) is 3.54. The van der Waals surface area contributed by atoms with E-state index in [0.717, 1.165) is 0 Å². The van der Waals surface area contributed by atoms with Crippen molar-refractivity contribution in [2.24, 2.45) is 0 Å². The van der Waals surface area contributed by atoms with Crippen LogP contribution < -0.4 is 5.32 Å². The monoisotopic (exact) mass is 403 g/mol. The van der Waals surface area contributed by atoms with Crippen LogP contribution in [-0.2, 0) is 4.79 Å². The van der Waals surface area contributed by atoms with Crippen molar-refractivity contribution in [1.82, 2.24) is 19.8 Å². The minimum Gasteiger partial charge on any atom is -0.463 e. The molecule has 1 N–H and O–H groups in total. The molecule has 1 aromatic carbocycles. The molecule has 0 saturated carbocycles. The summed E-state index contributed by atoms with van der Waals surface area (Å²) in [6.07, 6.45) is 1.56. The summed E-state index contributed by atoms with van der Waals surface area (Å²) < 4.78 is 20.1. The zero-order valence-electron chi connectivity index (χ0n) is 13.6. The van der Waals surface area contributed by atoms with Gasteiger partial charge in [0.15, 0.2) is 11.4 Å². The number of furan rings is 1. The van der Waals surface area contributed by atoms with Gasteiger partial charge in [-0.1, -0.05) is 23.4 Å². The number of hydrogen-bond acceptors (Lipinski definition) is 6. The Morgan fingerprint density at radius 3 is 2.93 bits per heavy atom. The molecule has 0 aliphatic carbocycles. The number of hydrogen-bond donors (Lipinski definition) is 1. The Hall–Kier alpha value is -2.91. The van der Waals surface area contributed by atoms with Crippen LogP contribution >= 0.6 is 23.4 Å². The Morgan fingerprint density at radius 2 is 2.15 bits per heavy atom. The molecule has 0 aliphatic heterocycles. The Labute approximate surface area is 161 Å². The van der Waals surface area contributed by atoms with Gasteiger partial charge in [0.2, 0.25) is 11.1 Å². The van der Waals surface area contributed by atoms with Crippen molar-refractivity contribution in [3.05, 3.63) is 59.6 Å². The molecule has 7 nitrogen and oxygen atoms in total. The summed E-state index contributed by atoms with van der Waals surface area (Å²) in [6, 6.07) is 11.1. The summed E-state index contributed by atoms with van der Waals surface area (Å²) >= 11 is 6.88. The van der Waals surface area contributed by atoms with E-state index in [-0.39, 0.29) is 16.7 Å². The van der Waals surface area contributed by atoms with Gasteiger partial charge in [-0.25, -0.2) is 4.39 Å². The van der Waals surface area contributed by atoms with E-state index in [0.29, 0.717) is 27.9 Å². The number of amides is 1. The highest BCUT2D eigenvalue weighted by molar-refractivity contribution is 7.99. The molecule has 27 heavy (non-hydrogen) atoms. The molecule has 0 saturated heterocycles. The van der Waals surface area contributed by atoms with E-state index in [2.05, 4.69) is 20.6 Å². The maximum atomic E-state index is 13.2. The van der Waals surface area contributed by atoms with Crippen LogP contribution in [0.3, 0.4) is 0 Å². The van der Waals surface area contributed by atoms with Crippen molar-refractivity contribution in [2.45, 2.75) is 5.16 Å². The molecule has 0 radical (unpaired) electrons. The number of nitrogens with zero attached hydrogens (tertiary/aromatic N) is 4. The number of halogens is 2. The van der Waals surface area contributed by atoms with Crippen LogP contribution in [-0.4, -0.2) is 31.5 Å². The molecule has 0 fully saturated rings. The molecule has 0 atom stereocenters. The van der Waals surface area contributed by atoms with Crippen molar-refractivity contribution in [3.63, 3.8) is 0 Å². The van der Waals surface area contributed by atoms with Crippen LogP contribution in [0.2, 0.25) is 5.02 Å². The molecule has 0 aliphatic rings. The number of fused-ring (bicyclic) bond motifs is 1. The van der Waals surface area contributed by atoms with Gasteiger partial charge in [0.05, 0.1) is 17.0 Å². The fourth-order valence-electron chi connectivity index (χ4n) is 2.32. The summed E-state index contributed by atoms with van der Waals surface area (Å²) in [6.45, 7) is 0. The highest BCUT2D eigenvalue weighted by Crippen LogP contribution is 2.22. The second-order valence-corrected chi connectivity index (χ2v) is 6.76. The lowest BCUT2D eigenvalue weighted by Crippen LogP contribution is -2.14. The van der Waals surface area contributed by atoms with E-state index in [1.807, 2.05) is 0 Å². The number of rotatable bonds is 5. The number of carbonyl (C=O) groups excluding carboxylic acids is 1. The molecule has 0 bridgehead atoms. The average molecular weight is 404 g/mol. The average Bonchev–Trinajstić information content (AvgIpc) is 3.32. The van der Waals surface area contributed by atoms with Gasteiger partial charge >= 0.3 is 0 Å². The van der Waals surface area contributed by atoms with E-state index >= 15 is 0 Å². The van der Waals surface area contributed by atoms with E-state index < -0.39 is 5.82 Å². The summed E-state index contributed by atoms with van der Waals surface area (Å²) in [7, 11) is 0. The minimum absolute atomic E-state index is 0.0569. The molecule has 136 valence electrons. The van der Waals surface area contributed by atoms with Crippen LogP contribution in [0.4, 0.5) is 10.1 Å². The van der Waals surface area contributed by atoms with Crippen LogP contribution in [0.25, 0.3) is 17.1 Å². The van der Waals surface area contributed by atoms with Crippen LogP contribution in [0, 0.1) is 5.82 Å². The van der Waals surface area contributed by atoms with Gasteiger partial charge in [-0.2, -0.15) is 9.61 Å². The Balaban J connectivity index is 1.47. The number of nitrogens with one attached hydrogen (secondary N) is 1. The lowest BCUT2D eigenvalue weighted by atomic mass is 10.3. The Bertz CT molecular complexity index is 1120. The van der Waals surface area contributed by atoms with E-state index in [1.165, 1.54) is 30.0 Å².